The van der Waals surface area contributed by atoms with Gasteiger partial charge in [-0.15, -0.1) is 0 Å². The molecule has 1 aliphatic carbocycles. The lowest BCUT2D eigenvalue weighted by molar-refractivity contribution is -0.113. The fraction of sp³-hybridized carbons (Fsp3) is 0.150. The molecule has 0 spiro atoms. The second kappa shape index (κ2) is 6.73. The summed E-state index contributed by atoms with van der Waals surface area (Å²) in [7, 11) is 3.44. The molecular formula is C20H19N3O2. The Labute approximate surface area is 146 Å². The van der Waals surface area contributed by atoms with Crippen molar-refractivity contribution >= 4 is 23.1 Å². The van der Waals surface area contributed by atoms with Gasteiger partial charge in [-0.2, -0.15) is 0 Å². The number of pyridine rings is 1. The second-order valence-electron chi connectivity index (χ2n) is 6.10. The number of nitrogens with zero attached hydrogens (tertiary/aromatic N) is 2. The molecule has 25 heavy (non-hydrogen) atoms. The molecule has 5 heteroatoms. The van der Waals surface area contributed by atoms with E-state index in [1.54, 1.807) is 44.6 Å². The van der Waals surface area contributed by atoms with Gasteiger partial charge in [-0.25, -0.2) is 4.98 Å². The van der Waals surface area contributed by atoms with Crippen LogP contribution < -0.4 is 5.73 Å². The van der Waals surface area contributed by atoms with Gasteiger partial charge < -0.3 is 10.6 Å². The van der Waals surface area contributed by atoms with Crippen LogP contribution in [0.3, 0.4) is 0 Å². The summed E-state index contributed by atoms with van der Waals surface area (Å²) < 4.78 is 0. The normalized spacial score (nSPS) is 13.5. The number of carbonyl (C=O) groups is 2. The summed E-state index contributed by atoms with van der Waals surface area (Å²) in [6, 6.07) is 9.24. The van der Waals surface area contributed by atoms with Crippen molar-refractivity contribution in [1.29, 1.82) is 0 Å². The molecule has 1 heterocycles. The molecule has 1 aliphatic rings. The first-order valence-electron chi connectivity index (χ1n) is 7.95. The Hall–Kier alpha value is -3.21. The molecule has 2 N–H and O–H groups in total. The first kappa shape index (κ1) is 16.6. The van der Waals surface area contributed by atoms with Crippen LogP contribution in [-0.4, -0.2) is 35.7 Å². The Kier molecular flexibility index (Phi) is 4.48. The highest BCUT2D eigenvalue weighted by Crippen LogP contribution is 2.29. The summed E-state index contributed by atoms with van der Waals surface area (Å²) in [6.45, 7) is 0. The maximum absolute atomic E-state index is 12.0. The number of allylic oxidation sites excluding steroid dienone is 4. The third kappa shape index (κ3) is 3.50. The zero-order chi connectivity index (χ0) is 18.0. The molecule has 1 aromatic carbocycles. The molecule has 0 saturated heterocycles. The first-order valence-corrected chi connectivity index (χ1v) is 7.95. The molecule has 0 atom stereocenters. The summed E-state index contributed by atoms with van der Waals surface area (Å²) in [4.78, 5) is 29.1. The van der Waals surface area contributed by atoms with E-state index >= 15 is 0 Å². The van der Waals surface area contributed by atoms with Crippen molar-refractivity contribution in [2.24, 2.45) is 0 Å². The molecule has 0 bridgehead atoms. The third-order valence-electron chi connectivity index (χ3n) is 4.07. The van der Waals surface area contributed by atoms with E-state index in [1.165, 1.54) is 4.90 Å². The zero-order valence-corrected chi connectivity index (χ0v) is 14.2. The van der Waals surface area contributed by atoms with E-state index in [4.69, 9.17) is 5.73 Å². The topological polar surface area (TPSA) is 76.3 Å². The van der Waals surface area contributed by atoms with Crippen molar-refractivity contribution in [3.8, 4) is 11.1 Å². The van der Waals surface area contributed by atoms with Crippen LogP contribution >= 0.6 is 0 Å². The van der Waals surface area contributed by atoms with Crippen molar-refractivity contribution in [1.82, 2.24) is 9.88 Å². The maximum Gasteiger partial charge on any atom is 0.253 e. The zero-order valence-electron chi connectivity index (χ0n) is 14.2. The largest absolute Gasteiger partial charge is 0.383 e. The summed E-state index contributed by atoms with van der Waals surface area (Å²) in [5.74, 6) is 0.467. The lowest BCUT2D eigenvalue weighted by Crippen LogP contribution is -2.21. The van der Waals surface area contributed by atoms with Crippen LogP contribution in [0.4, 0.5) is 5.82 Å². The quantitative estimate of drug-likeness (QED) is 0.937. The number of rotatable bonds is 3. The highest BCUT2D eigenvalue weighted by atomic mass is 16.2. The second-order valence-corrected chi connectivity index (χ2v) is 6.10. The van der Waals surface area contributed by atoms with E-state index in [-0.39, 0.29) is 11.7 Å². The van der Waals surface area contributed by atoms with Crippen LogP contribution in [0.5, 0.6) is 0 Å². The smallest absolute Gasteiger partial charge is 0.253 e. The van der Waals surface area contributed by atoms with Crippen LogP contribution in [0.2, 0.25) is 0 Å². The van der Waals surface area contributed by atoms with Gasteiger partial charge >= 0.3 is 0 Å². The minimum atomic E-state index is -0.0476. The van der Waals surface area contributed by atoms with Crippen LogP contribution in [0.25, 0.3) is 16.7 Å². The van der Waals surface area contributed by atoms with Gasteiger partial charge in [-0.3, -0.25) is 9.59 Å². The molecule has 1 aromatic heterocycles. The van der Waals surface area contributed by atoms with Crippen molar-refractivity contribution < 1.29 is 9.59 Å². The number of amides is 1. The lowest BCUT2D eigenvalue weighted by Gasteiger charge is -2.12. The van der Waals surface area contributed by atoms with Gasteiger partial charge in [0.25, 0.3) is 5.91 Å². The van der Waals surface area contributed by atoms with E-state index in [2.05, 4.69) is 4.98 Å². The Morgan fingerprint density at radius 3 is 2.44 bits per heavy atom. The highest BCUT2D eigenvalue weighted by molar-refractivity contribution is 5.98. The summed E-state index contributed by atoms with van der Waals surface area (Å²) in [6.07, 6.45) is 7.36. The van der Waals surface area contributed by atoms with E-state index in [1.807, 2.05) is 24.3 Å². The number of carbonyl (C=O) groups excluding carboxylic acids is 2. The Morgan fingerprint density at radius 2 is 1.84 bits per heavy atom. The van der Waals surface area contributed by atoms with Gasteiger partial charge in [0.2, 0.25) is 0 Å². The van der Waals surface area contributed by atoms with Crippen molar-refractivity contribution in [2.45, 2.75) is 6.42 Å². The van der Waals surface area contributed by atoms with Gasteiger partial charge in [0.05, 0.1) is 0 Å². The van der Waals surface area contributed by atoms with E-state index in [0.717, 1.165) is 22.3 Å². The van der Waals surface area contributed by atoms with Crippen LogP contribution in [0.1, 0.15) is 22.3 Å². The first-order chi connectivity index (χ1) is 12.0. The van der Waals surface area contributed by atoms with Crippen molar-refractivity contribution in [3.05, 3.63) is 65.9 Å². The minimum Gasteiger partial charge on any atom is -0.383 e. The maximum atomic E-state index is 12.0. The molecule has 5 nitrogen and oxygen atoms in total. The number of hydrogen-bond acceptors (Lipinski definition) is 4. The molecular weight excluding hydrogens is 314 g/mol. The minimum absolute atomic E-state index is 0.0476. The molecule has 2 aromatic rings. The Bertz CT molecular complexity index is 894. The molecule has 0 aliphatic heterocycles. The van der Waals surface area contributed by atoms with E-state index < -0.39 is 0 Å². The Balaban J connectivity index is 1.95. The van der Waals surface area contributed by atoms with Crippen LogP contribution in [-0.2, 0) is 4.79 Å². The average Bonchev–Trinajstić information content (AvgIpc) is 2.62. The van der Waals surface area contributed by atoms with Gasteiger partial charge in [-0.1, -0.05) is 24.3 Å². The predicted octanol–water partition coefficient (Wildman–Crippen LogP) is 2.95. The number of ketones is 1. The fourth-order valence-electron chi connectivity index (χ4n) is 2.66. The molecule has 0 radical (unpaired) electrons. The SMILES string of the molecule is CN(C)C(=O)c1ccc(-c2cc(C3=CCC(=O)C=C3)cnc2N)cc1. The molecule has 3 rings (SSSR count). The van der Waals surface area contributed by atoms with Gasteiger partial charge in [0.15, 0.2) is 5.78 Å². The monoisotopic (exact) mass is 333 g/mol. The third-order valence-corrected chi connectivity index (χ3v) is 4.07. The van der Waals surface area contributed by atoms with Crippen LogP contribution in [0, 0.1) is 0 Å². The van der Waals surface area contributed by atoms with Gasteiger partial charge in [-0.05, 0) is 35.4 Å². The molecule has 126 valence electrons. The number of hydrogen-bond donors (Lipinski definition) is 1. The van der Waals surface area contributed by atoms with Gasteiger partial charge in [0, 0.05) is 43.4 Å². The Morgan fingerprint density at radius 1 is 1.12 bits per heavy atom. The molecule has 1 amide bonds. The molecule has 0 fully saturated rings. The van der Waals surface area contributed by atoms with E-state index in [9.17, 15) is 9.59 Å². The number of nitrogen functional groups attached to an aromatic ring is 1. The average molecular weight is 333 g/mol. The summed E-state index contributed by atoms with van der Waals surface area (Å²) in [5.41, 5.74) is 10.2. The van der Waals surface area contributed by atoms with Crippen LogP contribution in [0.15, 0.2) is 54.8 Å². The fourth-order valence-corrected chi connectivity index (χ4v) is 2.66. The van der Waals surface area contributed by atoms with Gasteiger partial charge in [0.1, 0.15) is 5.82 Å². The summed E-state index contributed by atoms with van der Waals surface area (Å²) in [5, 5.41) is 0. The molecule has 0 saturated carbocycles. The number of anilines is 1. The molecule has 0 unspecified atom stereocenters. The lowest BCUT2D eigenvalue weighted by atomic mass is 9.97. The van der Waals surface area contributed by atoms with E-state index in [0.29, 0.717) is 17.8 Å². The van der Waals surface area contributed by atoms with Crippen molar-refractivity contribution in [3.63, 3.8) is 0 Å². The highest BCUT2D eigenvalue weighted by Gasteiger charge is 2.12. The number of benzene rings is 1. The summed E-state index contributed by atoms with van der Waals surface area (Å²) >= 11 is 0. The van der Waals surface area contributed by atoms with Crippen molar-refractivity contribution in [2.75, 3.05) is 19.8 Å². The number of aromatic nitrogens is 1. The standard InChI is InChI=1S/C20H19N3O2/c1-23(2)20(25)15-5-3-14(4-6-15)18-11-16(12-22-19(18)21)13-7-9-17(24)10-8-13/h3-9,11-12H,10H2,1-2H3,(H2,21,22). The number of nitrogens with two attached hydrogens (primary N) is 1. The predicted molar refractivity (Wildman–Crippen MR) is 98.8 cm³/mol.